The van der Waals surface area contributed by atoms with Crippen molar-refractivity contribution in [2.75, 3.05) is 39.8 Å². The number of amides is 2. The van der Waals surface area contributed by atoms with Crippen LogP contribution in [-0.2, 0) is 6.42 Å². The minimum absolute atomic E-state index is 0.101. The molecule has 0 aliphatic carbocycles. The van der Waals surface area contributed by atoms with Gasteiger partial charge in [0.25, 0.3) is 0 Å². The Morgan fingerprint density at radius 1 is 1.10 bits per heavy atom. The summed E-state index contributed by atoms with van der Waals surface area (Å²) in [4.78, 5) is 13.9. The zero-order valence-electron chi connectivity index (χ0n) is 13.3. The number of nitrogens with zero attached hydrogens (tertiary/aromatic N) is 1. The molecule has 0 spiro atoms. The van der Waals surface area contributed by atoms with Crippen LogP contribution in [0.5, 0.6) is 5.75 Å². The Morgan fingerprint density at radius 3 is 2.29 bits per heavy atom. The molecule has 0 fully saturated rings. The summed E-state index contributed by atoms with van der Waals surface area (Å²) in [5.74, 6) is 0.848. The van der Waals surface area contributed by atoms with E-state index >= 15 is 0 Å². The first kappa shape index (κ1) is 17.3. The van der Waals surface area contributed by atoms with Gasteiger partial charge in [-0.3, -0.25) is 0 Å². The monoisotopic (exact) mass is 293 g/mol. The van der Waals surface area contributed by atoms with E-state index in [1.807, 2.05) is 24.3 Å². The normalized spacial score (nSPS) is 10.5. The van der Waals surface area contributed by atoms with E-state index in [4.69, 9.17) is 4.74 Å². The number of nitrogens with one attached hydrogen (secondary N) is 2. The molecule has 0 radical (unpaired) electrons. The molecule has 0 saturated carbocycles. The topological polar surface area (TPSA) is 53.6 Å². The quantitative estimate of drug-likeness (QED) is 0.731. The van der Waals surface area contributed by atoms with Gasteiger partial charge in [0.05, 0.1) is 7.11 Å². The van der Waals surface area contributed by atoms with E-state index in [1.165, 1.54) is 5.56 Å². The van der Waals surface area contributed by atoms with E-state index < -0.39 is 0 Å². The Hall–Kier alpha value is -1.75. The minimum Gasteiger partial charge on any atom is -0.497 e. The second kappa shape index (κ2) is 10.0. The number of benzene rings is 1. The molecule has 21 heavy (non-hydrogen) atoms. The minimum atomic E-state index is -0.101. The molecule has 1 aromatic carbocycles. The zero-order chi connectivity index (χ0) is 15.5. The highest BCUT2D eigenvalue weighted by Gasteiger charge is 2.02. The first-order chi connectivity index (χ1) is 10.2. The number of ether oxygens (including phenoxy) is 1. The van der Waals surface area contributed by atoms with Crippen molar-refractivity contribution in [2.24, 2.45) is 0 Å². The summed E-state index contributed by atoms with van der Waals surface area (Å²) in [6.07, 6.45) is 0.813. The third-order valence-corrected chi connectivity index (χ3v) is 3.47. The van der Waals surface area contributed by atoms with E-state index in [-0.39, 0.29) is 6.03 Å². The SMILES string of the molecule is CCN(CC)CCNC(=O)NCCc1ccc(OC)cc1. The predicted octanol–water partition coefficient (Wildman–Crippen LogP) is 1.88. The summed E-state index contributed by atoms with van der Waals surface area (Å²) < 4.78 is 5.11. The van der Waals surface area contributed by atoms with Crippen LogP contribution in [0.15, 0.2) is 24.3 Å². The van der Waals surface area contributed by atoms with Crippen LogP contribution in [0.2, 0.25) is 0 Å². The first-order valence-corrected chi connectivity index (χ1v) is 7.56. The lowest BCUT2D eigenvalue weighted by Crippen LogP contribution is -2.41. The molecule has 0 heterocycles. The van der Waals surface area contributed by atoms with Crippen LogP contribution in [0.1, 0.15) is 19.4 Å². The van der Waals surface area contributed by atoms with E-state index in [2.05, 4.69) is 29.4 Å². The van der Waals surface area contributed by atoms with Crippen LogP contribution in [-0.4, -0.2) is 50.8 Å². The van der Waals surface area contributed by atoms with Gasteiger partial charge in [-0.2, -0.15) is 0 Å². The summed E-state index contributed by atoms with van der Waals surface area (Å²) in [6, 6.07) is 7.78. The Morgan fingerprint density at radius 2 is 1.71 bits per heavy atom. The van der Waals surface area contributed by atoms with E-state index in [1.54, 1.807) is 7.11 Å². The predicted molar refractivity (Wildman–Crippen MR) is 85.9 cm³/mol. The zero-order valence-corrected chi connectivity index (χ0v) is 13.3. The maximum absolute atomic E-state index is 11.6. The van der Waals surface area contributed by atoms with E-state index in [0.717, 1.165) is 31.8 Å². The Balaban J connectivity index is 2.15. The number of carbonyl (C=O) groups excluding carboxylic acids is 1. The molecule has 118 valence electrons. The van der Waals surface area contributed by atoms with Crippen molar-refractivity contribution in [1.82, 2.24) is 15.5 Å². The van der Waals surface area contributed by atoms with Gasteiger partial charge in [-0.1, -0.05) is 26.0 Å². The van der Waals surface area contributed by atoms with Crippen molar-refractivity contribution in [3.8, 4) is 5.75 Å². The number of rotatable bonds is 9. The van der Waals surface area contributed by atoms with Crippen LogP contribution < -0.4 is 15.4 Å². The number of urea groups is 1. The Kier molecular flexibility index (Phi) is 8.28. The number of hydrogen-bond acceptors (Lipinski definition) is 3. The molecule has 2 N–H and O–H groups in total. The van der Waals surface area contributed by atoms with Gasteiger partial charge >= 0.3 is 6.03 Å². The van der Waals surface area contributed by atoms with E-state index in [9.17, 15) is 4.79 Å². The highest BCUT2D eigenvalue weighted by molar-refractivity contribution is 5.73. The van der Waals surface area contributed by atoms with Crippen LogP contribution >= 0.6 is 0 Å². The van der Waals surface area contributed by atoms with Crippen molar-refractivity contribution in [3.05, 3.63) is 29.8 Å². The lowest BCUT2D eigenvalue weighted by atomic mass is 10.1. The largest absolute Gasteiger partial charge is 0.497 e. The highest BCUT2D eigenvalue weighted by Crippen LogP contribution is 2.11. The van der Waals surface area contributed by atoms with Crippen molar-refractivity contribution in [2.45, 2.75) is 20.3 Å². The number of carbonyl (C=O) groups is 1. The Bertz CT molecular complexity index is 402. The molecule has 0 aromatic heterocycles. The first-order valence-electron chi connectivity index (χ1n) is 7.56. The molecule has 0 unspecified atom stereocenters. The smallest absolute Gasteiger partial charge is 0.314 e. The number of likely N-dealkylation sites (N-methyl/N-ethyl adjacent to an activating group) is 1. The lowest BCUT2D eigenvalue weighted by Gasteiger charge is -2.18. The van der Waals surface area contributed by atoms with Crippen LogP contribution in [0, 0.1) is 0 Å². The summed E-state index contributed by atoms with van der Waals surface area (Å²) in [5, 5.41) is 5.74. The molecule has 0 aliphatic heterocycles. The van der Waals surface area contributed by atoms with Crippen LogP contribution in [0.3, 0.4) is 0 Å². The molecule has 5 nitrogen and oxygen atoms in total. The molecular weight excluding hydrogens is 266 g/mol. The second-order valence-electron chi connectivity index (χ2n) is 4.81. The maximum Gasteiger partial charge on any atom is 0.314 e. The summed E-state index contributed by atoms with van der Waals surface area (Å²) in [6.45, 7) is 8.46. The molecule has 2 amide bonds. The van der Waals surface area contributed by atoms with Crippen molar-refractivity contribution >= 4 is 6.03 Å². The van der Waals surface area contributed by atoms with Gasteiger partial charge in [-0.15, -0.1) is 0 Å². The van der Waals surface area contributed by atoms with E-state index in [0.29, 0.717) is 13.1 Å². The molecule has 0 saturated heterocycles. The standard InChI is InChI=1S/C16H27N3O2/c1-4-19(5-2)13-12-18-16(20)17-11-10-14-6-8-15(21-3)9-7-14/h6-9H,4-5,10-13H2,1-3H3,(H2,17,18,20). The average Bonchev–Trinajstić information content (AvgIpc) is 2.52. The molecule has 5 heteroatoms. The van der Waals surface area contributed by atoms with Crippen molar-refractivity contribution < 1.29 is 9.53 Å². The molecule has 0 atom stereocenters. The highest BCUT2D eigenvalue weighted by atomic mass is 16.5. The summed E-state index contributed by atoms with van der Waals surface area (Å²) >= 11 is 0. The molecular formula is C16H27N3O2. The van der Waals surface area contributed by atoms with Gasteiger partial charge < -0.3 is 20.3 Å². The van der Waals surface area contributed by atoms with Crippen molar-refractivity contribution in [1.29, 1.82) is 0 Å². The van der Waals surface area contributed by atoms with Gasteiger partial charge in [0.1, 0.15) is 5.75 Å². The van der Waals surface area contributed by atoms with Gasteiger partial charge in [0.2, 0.25) is 0 Å². The van der Waals surface area contributed by atoms with Gasteiger partial charge in [0.15, 0.2) is 0 Å². The fourth-order valence-electron chi connectivity index (χ4n) is 2.04. The number of hydrogen-bond donors (Lipinski definition) is 2. The van der Waals surface area contributed by atoms with Gasteiger partial charge in [-0.05, 0) is 37.2 Å². The molecule has 1 aromatic rings. The number of methoxy groups -OCH3 is 1. The molecule has 0 aliphatic rings. The van der Waals surface area contributed by atoms with Crippen LogP contribution in [0.4, 0.5) is 4.79 Å². The lowest BCUT2D eigenvalue weighted by molar-refractivity contribution is 0.237. The molecule has 1 rings (SSSR count). The van der Waals surface area contributed by atoms with Gasteiger partial charge in [-0.25, -0.2) is 4.79 Å². The average molecular weight is 293 g/mol. The summed E-state index contributed by atoms with van der Waals surface area (Å²) in [5.41, 5.74) is 1.18. The maximum atomic E-state index is 11.6. The van der Waals surface area contributed by atoms with Crippen LogP contribution in [0.25, 0.3) is 0 Å². The third-order valence-electron chi connectivity index (χ3n) is 3.47. The molecule has 0 bridgehead atoms. The van der Waals surface area contributed by atoms with Gasteiger partial charge in [0, 0.05) is 19.6 Å². The second-order valence-corrected chi connectivity index (χ2v) is 4.81. The third kappa shape index (κ3) is 6.99. The summed E-state index contributed by atoms with van der Waals surface area (Å²) in [7, 11) is 1.65. The Labute approximate surface area is 127 Å². The van der Waals surface area contributed by atoms with Crippen molar-refractivity contribution in [3.63, 3.8) is 0 Å². The fourth-order valence-corrected chi connectivity index (χ4v) is 2.04. The fraction of sp³-hybridized carbons (Fsp3) is 0.562.